The van der Waals surface area contributed by atoms with Crippen molar-refractivity contribution < 1.29 is 19.7 Å². The van der Waals surface area contributed by atoms with E-state index in [4.69, 9.17) is 32.9 Å². The summed E-state index contributed by atoms with van der Waals surface area (Å²) in [7, 11) is 1.30. The lowest BCUT2D eigenvalue weighted by Gasteiger charge is -2.30. The third-order valence-electron chi connectivity index (χ3n) is 4.64. The lowest BCUT2D eigenvalue weighted by atomic mass is 9.95. The van der Waals surface area contributed by atoms with Crippen molar-refractivity contribution >= 4 is 46.3 Å². The molecule has 3 rings (SSSR count). The Morgan fingerprint density at radius 1 is 1.29 bits per heavy atom. The van der Waals surface area contributed by atoms with E-state index in [9.17, 15) is 15.0 Å². The second-order valence-electron chi connectivity index (χ2n) is 6.62. The maximum atomic E-state index is 12.8. The van der Waals surface area contributed by atoms with Crippen molar-refractivity contribution in [2.45, 2.75) is 6.04 Å². The number of carbonyl (C=O) groups is 1. The van der Waals surface area contributed by atoms with Crippen molar-refractivity contribution in [2.75, 3.05) is 40.0 Å². The highest BCUT2D eigenvalue weighted by Crippen LogP contribution is 2.37. The van der Waals surface area contributed by atoms with Crippen molar-refractivity contribution in [3.8, 4) is 0 Å². The van der Waals surface area contributed by atoms with Gasteiger partial charge in [0.05, 0.1) is 25.9 Å². The topological polar surface area (TPSA) is 107 Å². The Bertz CT molecular complexity index is 976. The molecular weight excluding hydrogens is 463 g/mol. The number of benzene rings is 1. The highest BCUT2D eigenvalue weighted by molar-refractivity contribution is 7.11. The number of hydrogen-bond donors (Lipinski definition) is 3. The molecule has 0 radical (unpaired) electrons. The molecule has 166 valence electrons. The molecule has 2 heterocycles. The number of ether oxygens (including phenoxy) is 1. The number of aromatic nitrogens is 1. The van der Waals surface area contributed by atoms with Crippen molar-refractivity contribution in [1.29, 1.82) is 0 Å². The molecule has 0 spiro atoms. The maximum absolute atomic E-state index is 12.8. The van der Waals surface area contributed by atoms with Crippen LogP contribution in [0.2, 0.25) is 10.0 Å². The van der Waals surface area contributed by atoms with Crippen LogP contribution in [0.5, 0.6) is 0 Å². The first-order valence-corrected chi connectivity index (χ1v) is 11.1. The molecule has 1 atom stereocenters. The molecule has 0 saturated carbocycles. The van der Waals surface area contributed by atoms with Crippen LogP contribution in [-0.4, -0.2) is 71.9 Å². The van der Waals surface area contributed by atoms with Gasteiger partial charge in [0.25, 0.3) is 0 Å². The fraction of sp³-hybridized carbons (Fsp3) is 0.350. The minimum Gasteiger partial charge on any atom is -0.466 e. The Labute approximate surface area is 193 Å². The number of aliphatic imine (C=N–C) groups is 1. The number of aliphatic hydroxyl groups is 2. The lowest BCUT2D eigenvalue weighted by Crippen LogP contribution is -2.41. The number of methoxy groups -OCH3 is 1. The van der Waals surface area contributed by atoms with E-state index in [0.717, 1.165) is 0 Å². The zero-order valence-corrected chi connectivity index (χ0v) is 19.0. The zero-order valence-electron chi connectivity index (χ0n) is 16.7. The quantitative estimate of drug-likeness (QED) is 0.468. The predicted molar refractivity (Wildman–Crippen MR) is 121 cm³/mol. The van der Waals surface area contributed by atoms with Crippen LogP contribution in [0, 0.1) is 0 Å². The van der Waals surface area contributed by atoms with Gasteiger partial charge in [-0.2, -0.15) is 0 Å². The molecule has 0 bridgehead atoms. The highest BCUT2D eigenvalue weighted by Gasteiger charge is 2.34. The highest BCUT2D eigenvalue weighted by atomic mass is 35.5. The standard InChI is InChI=1S/C20H22Cl2N4O4S/c1-30-20(29)16-15(11-26(5-7-27)6-8-28)24-18(19-23-4-9-31-19)25-17(16)13-3-2-12(21)10-14(13)22/h2-4,9-10,17,27-28H,5-8,11H2,1H3,(H,24,25). The molecule has 1 unspecified atom stereocenters. The molecule has 0 fully saturated rings. The molecule has 0 saturated heterocycles. The lowest BCUT2D eigenvalue weighted by molar-refractivity contribution is -0.136. The van der Waals surface area contributed by atoms with Crippen LogP contribution in [0.15, 0.2) is 46.0 Å². The number of nitrogens with zero attached hydrogens (tertiary/aromatic N) is 3. The summed E-state index contributed by atoms with van der Waals surface area (Å²) in [5.41, 5.74) is 1.41. The van der Waals surface area contributed by atoms with Crippen molar-refractivity contribution in [3.63, 3.8) is 0 Å². The van der Waals surface area contributed by atoms with Crippen LogP contribution in [0.1, 0.15) is 16.6 Å². The Morgan fingerprint density at radius 3 is 2.61 bits per heavy atom. The van der Waals surface area contributed by atoms with Gasteiger partial charge in [0, 0.05) is 52.5 Å². The number of thiazole rings is 1. The molecule has 0 aliphatic carbocycles. The number of amidine groups is 1. The minimum atomic E-state index is -0.752. The largest absolute Gasteiger partial charge is 0.466 e. The molecule has 1 aliphatic heterocycles. The van der Waals surface area contributed by atoms with Crippen LogP contribution in [0.3, 0.4) is 0 Å². The van der Waals surface area contributed by atoms with Gasteiger partial charge in [-0.3, -0.25) is 9.89 Å². The van der Waals surface area contributed by atoms with Gasteiger partial charge in [0.1, 0.15) is 6.04 Å². The summed E-state index contributed by atoms with van der Waals surface area (Å²) >= 11 is 13.9. The summed E-state index contributed by atoms with van der Waals surface area (Å²) in [6.45, 7) is 0.686. The molecule has 11 heteroatoms. The minimum absolute atomic E-state index is 0.0965. The number of nitrogens with one attached hydrogen (secondary N) is 1. The van der Waals surface area contributed by atoms with Crippen LogP contribution >= 0.6 is 34.5 Å². The van der Waals surface area contributed by atoms with Crippen molar-refractivity contribution in [1.82, 2.24) is 15.2 Å². The number of esters is 1. The van der Waals surface area contributed by atoms with E-state index in [-0.39, 0.29) is 25.3 Å². The first-order valence-electron chi connectivity index (χ1n) is 9.43. The number of carbonyl (C=O) groups excluding carboxylic acids is 1. The number of rotatable bonds is 9. The van der Waals surface area contributed by atoms with E-state index in [0.29, 0.717) is 45.2 Å². The normalized spacial score (nSPS) is 16.3. The molecule has 31 heavy (non-hydrogen) atoms. The van der Waals surface area contributed by atoms with Gasteiger partial charge in [0.15, 0.2) is 10.8 Å². The molecule has 3 N–H and O–H groups in total. The predicted octanol–water partition coefficient (Wildman–Crippen LogP) is 2.25. The summed E-state index contributed by atoms with van der Waals surface area (Å²) in [6.07, 6.45) is 1.66. The van der Waals surface area contributed by atoms with Crippen LogP contribution < -0.4 is 5.32 Å². The van der Waals surface area contributed by atoms with Gasteiger partial charge in [-0.1, -0.05) is 29.3 Å². The summed E-state index contributed by atoms with van der Waals surface area (Å²) < 4.78 is 5.06. The number of halogens is 2. The van der Waals surface area contributed by atoms with Gasteiger partial charge in [-0.15, -0.1) is 11.3 Å². The van der Waals surface area contributed by atoms with E-state index in [2.05, 4.69) is 10.3 Å². The summed E-state index contributed by atoms with van der Waals surface area (Å²) in [5.74, 6) is -0.0741. The zero-order chi connectivity index (χ0) is 22.4. The molecule has 1 aliphatic rings. The third-order valence-corrected chi connectivity index (χ3v) is 5.98. The molecule has 0 amide bonds. The summed E-state index contributed by atoms with van der Waals surface area (Å²) in [5, 5.41) is 25.3. The van der Waals surface area contributed by atoms with Gasteiger partial charge < -0.3 is 20.3 Å². The number of aliphatic hydroxyl groups excluding tert-OH is 2. The van der Waals surface area contributed by atoms with Gasteiger partial charge in [0.2, 0.25) is 0 Å². The first-order chi connectivity index (χ1) is 15.0. The third kappa shape index (κ3) is 5.62. The van der Waals surface area contributed by atoms with Crippen LogP contribution in [-0.2, 0) is 9.53 Å². The van der Waals surface area contributed by atoms with Crippen LogP contribution in [0.4, 0.5) is 0 Å². The SMILES string of the molecule is COC(=O)C1=C(CN(CCO)CCO)NC(c2nccs2)=NC1c1ccc(Cl)cc1Cl. The van der Waals surface area contributed by atoms with E-state index >= 15 is 0 Å². The second kappa shape index (κ2) is 11.0. The fourth-order valence-electron chi connectivity index (χ4n) is 3.24. The maximum Gasteiger partial charge on any atom is 0.338 e. The summed E-state index contributed by atoms with van der Waals surface area (Å²) in [4.78, 5) is 23.7. The average molecular weight is 485 g/mol. The molecule has 2 aromatic rings. The smallest absolute Gasteiger partial charge is 0.338 e. The Hall–Kier alpha value is -2.01. The molecule has 8 nitrogen and oxygen atoms in total. The van der Waals surface area contributed by atoms with E-state index < -0.39 is 12.0 Å². The van der Waals surface area contributed by atoms with Crippen molar-refractivity contribution in [3.05, 3.63) is 61.7 Å². The fourth-order valence-corrected chi connectivity index (χ4v) is 4.34. The molecular formula is C20H22Cl2N4O4S. The van der Waals surface area contributed by atoms with E-state index in [1.54, 1.807) is 24.4 Å². The average Bonchev–Trinajstić information content (AvgIpc) is 3.28. The van der Waals surface area contributed by atoms with E-state index in [1.807, 2.05) is 10.3 Å². The first kappa shape index (κ1) is 23.6. The monoisotopic (exact) mass is 484 g/mol. The molecule has 1 aromatic carbocycles. The van der Waals surface area contributed by atoms with Gasteiger partial charge in [-0.05, 0) is 12.1 Å². The number of hydrogen-bond acceptors (Lipinski definition) is 9. The second-order valence-corrected chi connectivity index (χ2v) is 8.35. The Kier molecular flexibility index (Phi) is 8.42. The van der Waals surface area contributed by atoms with Crippen LogP contribution in [0.25, 0.3) is 0 Å². The van der Waals surface area contributed by atoms with Gasteiger partial charge >= 0.3 is 5.97 Å². The van der Waals surface area contributed by atoms with Gasteiger partial charge in [-0.25, -0.2) is 9.78 Å². The Morgan fingerprint density at radius 2 is 2.03 bits per heavy atom. The summed E-state index contributed by atoms with van der Waals surface area (Å²) in [6, 6.07) is 4.25. The molecule has 1 aromatic heterocycles. The van der Waals surface area contributed by atoms with E-state index in [1.165, 1.54) is 18.4 Å². The van der Waals surface area contributed by atoms with Crippen molar-refractivity contribution in [2.24, 2.45) is 4.99 Å². The Balaban J connectivity index is 2.14.